The van der Waals surface area contributed by atoms with Crippen molar-refractivity contribution in [1.29, 1.82) is 0 Å². The Hall–Kier alpha value is -1.93. The molecule has 0 fully saturated rings. The van der Waals surface area contributed by atoms with Crippen molar-refractivity contribution < 1.29 is 27.8 Å². The molecule has 2 heterocycles. The SMILES string of the molecule is COc1ncccc1C1(O)CC(C)(C)Oc2ccc(SC(F)(F)F)cc21. The van der Waals surface area contributed by atoms with Crippen LogP contribution in [0.3, 0.4) is 0 Å². The van der Waals surface area contributed by atoms with Crippen molar-refractivity contribution in [2.45, 2.75) is 41.9 Å². The number of halogens is 3. The molecule has 0 saturated heterocycles. The van der Waals surface area contributed by atoms with Gasteiger partial charge in [-0.05, 0) is 55.9 Å². The molecule has 0 radical (unpaired) electrons. The number of rotatable bonds is 3. The summed E-state index contributed by atoms with van der Waals surface area (Å²) >= 11 is -0.234. The summed E-state index contributed by atoms with van der Waals surface area (Å²) in [6, 6.07) is 7.40. The van der Waals surface area contributed by atoms with Crippen LogP contribution < -0.4 is 9.47 Å². The van der Waals surface area contributed by atoms with Gasteiger partial charge < -0.3 is 14.6 Å². The van der Waals surface area contributed by atoms with E-state index in [1.54, 1.807) is 12.1 Å². The molecule has 0 saturated carbocycles. The molecule has 1 atom stereocenters. The molecule has 1 aliphatic rings. The minimum atomic E-state index is -4.42. The van der Waals surface area contributed by atoms with Crippen molar-refractivity contribution >= 4 is 11.8 Å². The highest BCUT2D eigenvalue weighted by Crippen LogP contribution is 2.50. The number of fused-ring (bicyclic) bond motifs is 1. The summed E-state index contributed by atoms with van der Waals surface area (Å²) in [4.78, 5) is 4.08. The van der Waals surface area contributed by atoms with Crippen LogP contribution in [0.15, 0.2) is 41.4 Å². The number of hydrogen-bond donors (Lipinski definition) is 1. The van der Waals surface area contributed by atoms with Crippen LogP contribution in [0.1, 0.15) is 31.4 Å². The first-order chi connectivity index (χ1) is 12.0. The van der Waals surface area contributed by atoms with Gasteiger partial charge in [-0.3, -0.25) is 0 Å². The Balaban J connectivity index is 2.19. The van der Waals surface area contributed by atoms with E-state index in [0.717, 1.165) is 0 Å². The summed E-state index contributed by atoms with van der Waals surface area (Å²) in [7, 11) is 1.43. The molecule has 140 valence electrons. The predicted octanol–water partition coefficient (Wildman–Crippen LogP) is 4.50. The third-order valence-electron chi connectivity index (χ3n) is 4.11. The molecule has 0 amide bonds. The maximum atomic E-state index is 12.8. The van der Waals surface area contributed by atoms with Crippen LogP contribution in [-0.2, 0) is 5.60 Å². The second-order valence-electron chi connectivity index (χ2n) is 6.66. The molecule has 26 heavy (non-hydrogen) atoms. The van der Waals surface area contributed by atoms with Crippen LogP contribution in [-0.4, -0.2) is 28.3 Å². The number of alkyl halides is 3. The maximum absolute atomic E-state index is 12.8. The van der Waals surface area contributed by atoms with Crippen LogP contribution >= 0.6 is 11.8 Å². The Morgan fingerprint density at radius 1 is 1.23 bits per heavy atom. The van der Waals surface area contributed by atoms with Gasteiger partial charge in [0.1, 0.15) is 17.0 Å². The monoisotopic (exact) mass is 385 g/mol. The lowest BCUT2D eigenvalue weighted by Gasteiger charge is -2.43. The zero-order chi connectivity index (χ0) is 19.2. The Morgan fingerprint density at radius 3 is 2.62 bits per heavy atom. The number of ether oxygens (including phenoxy) is 2. The molecule has 3 rings (SSSR count). The maximum Gasteiger partial charge on any atom is 0.446 e. The lowest BCUT2D eigenvalue weighted by molar-refractivity contribution is -0.0400. The summed E-state index contributed by atoms with van der Waals surface area (Å²) in [5.41, 5.74) is -6.11. The summed E-state index contributed by atoms with van der Waals surface area (Å²) in [5, 5.41) is 11.6. The summed E-state index contributed by atoms with van der Waals surface area (Å²) in [5.74, 6) is 0.550. The zero-order valence-corrected chi connectivity index (χ0v) is 15.2. The van der Waals surface area contributed by atoms with E-state index in [1.807, 2.05) is 13.8 Å². The van der Waals surface area contributed by atoms with E-state index in [9.17, 15) is 18.3 Å². The molecule has 1 N–H and O–H groups in total. The standard InChI is InChI=1S/C18H18F3NO3S/c1-16(2)10-17(23,12-5-4-8-22-15(12)24-3)13-9-11(26-18(19,20)21)6-7-14(13)25-16/h4-9,23H,10H2,1-3H3. The first-order valence-electron chi connectivity index (χ1n) is 7.85. The van der Waals surface area contributed by atoms with E-state index in [4.69, 9.17) is 9.47 Å². The fourth-order valence-electron chi connectivity index (χ4n) is 3.27. The van der Waals surface area contributed by atoms with Crippen LogP contribution in [0.4, 0.5) is 13.2 Å². The van der Waals surface area contributed by atoms with Gasteiger partial charge in [0.15, 0.2) is 0 Å². The number of aliphatic hydroxyl groups is 1. The Labute approximate surface area is 153 Å². The molecule has 2 aromatic rings. The first-order valence-corrected chi connectivity index (χ1v) is 8.67. The van der Waals surface area contributed by atoms with E-state index >= 15 is 0 Å². The van der Waals surface area contributed by atoms with Gasteiger partial charge in [-0.2, -0.15) is 13.2 Å². The Morgan fingerprint density at radius 2 is 1.96 bits per heavy atom. The number of benzene rings is 1. The summed E-state index contributed by atoms with van der Waals surface area (Å²) in [6.07, 6.45) is 1.65. The number of aromatic nitrogens is 1. The van der Waals surface area contributed by atoms with E-state index in [0.29, 0.717) is 11.3 Å². The van der Waals surface area contributed by atoms with Gasteiger partial charge in [0.2, 0.25) is 5.88 Å². The minimum Gasteiger partial charge on any atom is -0.487 e. The van der Waals surface area contributed by atoms with Gasteiger partial charge in [-0.25, -0.2) is 4.98 Å². The highest BCUT2D eigenvalue weighted by Gasteiger charge is 2.47. The second kappa shape index (κ2) is 6.35. The lowest BCUT2D eigenvalue weighted by atomic mass is 9.76. The molecule has 0 spiro atoms. The summed E-state index contributed by atoms with van der Waals surface area (Å²) in [6.45, 7) is 3.62. The smallest absolute Gasteiger partial charge is 0.446 e. The van der Waals surface area contributed by atoms with Gasteiger partial charge in [0, 0.05) is 23.1 Å². The molecule has 8 heteroatoms. The van der Waals surface area contributed by atoms with Crippen molar-refractivity contribution in [1.82, 2.24) is 4.98 Å². The second-order valence-corrected chi connectivity index (χ2v) is 7.80. The molecule has 0 bridgehead atoms. The number of thioether (sulfide) groups is 1. The number of pyridine rings is 1. The molecule has 4 nitrogen and oxygen atoms in total. The van der Waals surface area contributed by atoms with E-state index in [1.165, 1.54) is 31.5 Å². The normalized spacial score (nSPS) is 21.7. The van der Waals surface area contributed by atoms with Gasteiger partial charge in [0.25, 0.3) is 0 Å². The zero-order valence-electron chi connectivity index (χ0n) is 14.4. The largest absolute Gasteiger partial charge is 0.487 e. The molecular formula is C18H18F3NO3S. The first kappa shape index (κ1) is 18.8. The molecule has 1 aromatic heterocycles. The number of hydrogen-bond acceptors (Lipinski definition) is 5. The molecule has 1 unspecified atom stereocenters. The van der Waals surface area contributed by atoms with Crippen LogP contribution in [0, 0.1) is 0 Å². The average molecular weight is 385 g/mol. The Bertz CT molecular complexity index is 826. The Kier molecular flexibility index (Phi) is 4.60. The van der Waals surface area contributed by atoms with Crippen LogP contribution in [0.5, 0.6) is 11.6 Å². The van der Waals surface area contributed by atoms with Crippen LogP contribution in [0.2, 0.25) is 0 Å². The molecular weight excluding hydrogens is 367 g/mol. The third-order valence-corrected chi connectivity index (χ3v) is 4.83. The van der Waals surface area contributed by atoms with Crippen molar-refractivity contribution in [2.75, 3.05) is 7.11 Å². The van der Waals surface area contributed by atoms with E-state index in [-0.39, 0.29) is 34.5 Å². The fraction of sp³-hybridized carbons (Fsp3) is 0.389. The summed E-state index contributed by atoms with van der Waals surface area (Å²) < 4.78 is 49.5. The fourth-order valence-corrected chi connectivity index (χ4v) is 3.85. The quantitative estimate of drug-likeness (QED) is 0.789. The highest BCUT2D eigenvalue weighted by molar-refractivity contribution is 8.00. The lowest BCUT2D eigenvalue weighted by Crippen LogP contribution is -2.45. The van der Waals surface area contributed by atoms with Gasteiger partial charge in [-0.1, -0.05) is 0 Å². The minimum absolute atomic E-state index is 0.0270. The van der Waals surface area contributed by atoms with Crippen LogP contribution in [0.25, 0.3) is 0 Å². The number of methoxy groups -OCH3 is 1. The average Bonchev–Trinajstić information content (AvgIpc) is 2.53. The van der Waals surface area contributed by atoms with E-state index in [2.05, 4.69) is 4.98 Å². The molecule has 1 aliphatic heterocycles. The molecule has 0 aliphatic carbocycles. The number of nitrogens with zero attached hydrogens (tertiary/aromatic N) is 1. The predicted molar refractivity (Wildman–Crippen MR) is 91.5 cm³/mol. The highest BCUT2D eigenvalue weighted by atomic mass is 32.2. The van der Waals surface area contributed by atoms with Crippen molar-refractivity contribution in [3.63, 3.8) is 0 Å². The van der Waals surface area contributed by atoms with Crippen molar-refractivity contribution in [3.05, 3.63) is 47.7 Å². The van der Waals surface area contributed by atoms with Gasteiger partial charge >= 0.3 is 5.51 Å². The molecule has 1 aromatic carbocycles. The van der Waals surface area contributed by atoms with E-state index < -0.39 is 16.7 Å². The van der Waals surface area contributed by atoms with Crippen molar-refractivity contribution in [3.8, 4) is 11.6 Å². The third kappa shape index (κ3) is 3.61. The van der Waals surface area contributed by atoms with Gasteiger partial charge in [-0.15, -0.1) is 0 Å². The van der Waals surface area contributed by atoms with Crippen molar-refractivity contribution in [2.24, 2.45) is 0 Å². The topological polar surface area (TPSA) is 51.6 Å². The van der Waals surface area contributed by atoms with Gasteiger partial charge in [0.05, 0.1) is 12.7 Å².